The Hall–Kier alpha value is -1.97. The number of ether oxygens (including phenoxy) is 4. The molecule has 0 radical (unpaired) electrons. The molecule has 1 aromatic heterocycles. The first-order chi connectivity index (χ1) is 14.0. The van der Waals surface area contributed by atoms with Crippen LogP contribution in [-0.2, 0) is 4.74 Å². The van der Waals surface area contributed by atoms with Crippen LogP contribution in [-0.4, -0.2) is 69.6 Å². The second-order valence-electron chi connectivity index (χ2n) is 7.39. The van der Waals surface area contributed by atoms with Gasteiger partial charge in [0.1, 0.15) is 19.2 Å². The lowest BCUT2D eigenvalue weighted by atomic mass is 10.2. The number of rotatable bonds is 9. The molecule has 1 unspecified atom stereocenters. The molecule has 1 N–H and O–H groups in total. The Balaban J connectivity index is 1.65. The predicted molar refractivity (Wildman–Crippen MR) is 110 cm³/mol. The molecule has 2 heterocycles. The van der Waals surface area contributed by atoms with Gasteiger partial charge in [0.05, 0.1) is 34.5 Å². The van der Waals surface area contributed by atoms with Crippen molar-refractivity contribution >= 4 is 11.8 Å². The number of aromatic nitrogens is 2. The number of nitrogens with one attached hydrogen (secondary N) is 1. The van der Waals surface area contributed by atoms with Gasteiger partial charge in [-0.15, -0.1) is 10.2 Å². The molecular formula is C20H30N3O5S+. The van der Waals surface area contributed by atoms with Crippen LogP contribution in [0.4, 0.5) is 0 Å². The second-order valence-corrected chi connectivity index (χ2v) is 8.36. The van der Waals surface area contributed by atoms with Crippen molar-refractivity contribution in [2.45, 2.75) is 25.2 Å². The minimum absolute atomic E-state index is 0.194. The molecule has 9 heteroatoms. The van der Waals surface area contributed by atoms with Gasteiger partial charge >= 0.3 is 0 Å². The maximum absolute atomic E-state index is 5.91. The average molecular weight is 425 g/mol. The highest BCUT2D eigenvalue weighted by molar-refractivity contribution is 7.99. The first-order valence-electron chi connectivity index (χ1n) is 9.75. The zero-order chi connectivity index (χ0) is 20.8. The van der Waals surface area contributed by atoms with E-state index in [9.17, 15) is 0 Å². The summed E-state index contributed by atoms with van der Waals surface area (Å²) in [6.45, 7) is 8.58. The third kappa shape index (κ3) is 5.55. The first kappa shape index (κ1) is 21.7. The summed E-state index contributed by atoms with van der Waals surface area (Å²) < 4.78 is 27.9. The summed E-state index contributed by atoms with van der Waals surface area (Å²) in [4.78, 5) is 1.60. The number of methoxy groups -OCH3 is 3. The Bertz CT molecular complexity index is 773. The molecule has 1 aromatic carbocycles. The largest absolute Gasteiger partial charge is 0.493 e. The first-order valence-corrected chi connectivity index (χ1v) is 10.7. The van der Waals surface area contributed by atoms with Gasteiger partial charge in [-0.25, -0.2) is 0 Å². The van der Waals surface area contributed by atoms with Gasteiger partial charge in [0, 0.05) is 17.2 Å². The number of quaternary nitrogens is 1. The predicted octanol–water partition coefficient (Wildman–Crippen LogP) is 1.79. The summed E-state index contributed by atoms with van der Waals surface area (Å²) in [6, 6.07) is 3.58. The average Bonchev–Trinajstić information content (AvgIpc) is 3.20. The quantitative estimate of drug-likeness (QED) is 0.611. The number of benzene rings is 1. The Labute approximate surface area is 175 Å². The van der Waals surface area contributed by atoms with Gasteiger partial charge in [-0.1, -0.05) is 25.6 Å². The van der Waals surface area contributed by atoms with Gasteiger partial charge in [-0.3, -0.25) is 0 Å². The van der Waals surface area contributed by atoms with Crippen LogP contribution in [0.5, 0.6) is 17.2 Å². The van der Waals surface area contributed by atoms with E-state index in [1.165, 1.54) is 18.3 Å². The summed E-state index contributed by atoms with van der Waals surface area (Å²) in [5.41, 5.74) is 0.709. The molecule has 0 spiro atoms. The Morgan fingerprint density at radius 3 is 2.48 bits per heavy atom. The molecule has 0 saturated carbocycles. The van der Waals surface area contributed by atoms with Crippen LogP contribution in [0.15, 0.2) is 21.8 Å². The molecule has 0 aliphatic carbocycles. The standard InChI is InChI=1S/C20H29N3O5S/c1-13(2)10-23-6-7-27-15(11-23)12-29-20-22-21-19(28-20)14-8-16(24-3)18(26-5)17(9-14)25-4/h8-9,13,15H,6-7,10-12H2,1-5H3/p+1/t15-/m0/s1. The van der Waals surface area contributed by atoms with Crippen molar-refractivity contribution in [2.75, 3.05) is 53.3 Å². The minimum Gasteiger partial charge on any atom is -0.493 e. The summed E-state index contributed by atoms with van der Waals surface area (Å²) in [7, 11) is 4.72. The van der Waals surface area contributed by atoms with Crippen molar-refractivity contribution in [2.24, 2.45) is 5.92 Å². The molecule has 2 aromatic rings. The fraction of sp³-hybridized carbons (Fsp3) is 0.600. The number of nitrogens with zero attached hydrogens (tertiary/aromatic N) is 2. The molecule has 3 rings (SSSR count). The molecular weight excluding hydrogens is 394 g/mol. The SMILES string of the molecule is COc1cc(-c2nnc(SC[C@@H]3C[NH+](CC(C)C)CCO3)o2)cc(OC)c1OC. The lowest BCUT2D eigenvalue weighted by Gasteiger charge is -2.30. The molecule has 1 aliphatic rings. The fourth-order valence-corrected chi connectivity index (χ4v) is 4.26. The van der Waals surface area contributed by atoms with E-state index in [1.807, 2.05) is 0 Å². The van der Waals surface area contributed by atoms with Crippen LogP contribution in [0.1, 0.15) is 13.8 Å². The molecule has 1 fully saturated rings. The van der Waals surface area contributed by atoms with Crippen LogP contribution < -0.4 is 19.1 Å². The highest BCUT2D eigenvalue weighted by Gasteiger charge is 2.25. The van der Waals surface area contributed by atoms with Crippen LogP contribution in [0.25, 0.3) is 11.5 Å². The molecule has 1 aliphatic heterocycles. The summed E-state index contributed by atoms with van der Waals surface area (Å²) in [6.07, 6.45) is 0.194. The summed E-state index contributed by atoms with van der Waals surface area (Å²) in [5, 5.41) is 8.87. The highest BCUT2D eigenvalue weighted by Crippen LogP contribution is 2.41. The van der Waals surface area contributed by atoms with Crippen LogP contribution in [0.3, 0.4) is 0 Å². The van der Waals surface area contributed by atoms with E-state index in [2.05, 4.69) is 24.0 Å². The van der Waals surface area contributed by atoms with Crippen molar-refractivity contribution in [3.63, 3.8) is 0 Å². The van der Waals surface area contributed by atoms with Crippen LogP contribution in [0, 0.1) is 5.92 Å². The smallest absolute Gasteiger partial charge is 0.276 e. The topological polar surface area (TPSA) is 80.3 Å². The van der Waals surface area contributed by atoms with Gasteiger partial charge in [0.2, 0.25) is 11.6 Å². The van der Waals surface area contributed by atoms with E-state index >= 15 is 0 Å². The number of hydrogen-bond acceptors (Lipinski definition) is 8. The van der Waals surface area contributed by atoms with E-state index in [1.54, 1.807) is 38.4 Å². The molecule has 160 valence electrons. The molecule has 0 bridgehead atoms. The van der Waals surface area contributed by atoms with E-state index in [0.29, 0.717) is 39.8 Å². The summed E-state index contributed by atoms with van der Waals surface area (Å²) >= 11 is 1.53. The Kier molecular flexibility index (Phi) is 7.63. The van der Waals surface area contributed by atoms with Gasteiger partial charge in [0.15, 0.2) is 11.5 Å². The van der Waals surface area contributed by atoms with Crippen molar-refractivity contribution < 1.29 is 28.3 Å². The summed E-state index contributed by atoms with van der Waals surface area (Å²) in [5.74, 6) is 3.49. The molecule has 1 saturated heterocycles. The maximum atomic E-state index is 5.91. The van der Waals surface area contributed by atoms with Gasteiger partial charge in [0.25, 0.3) is 5.22 Å². The third-order valence-corrected chi connectivity index (χ3v) is 5.68. The monoisotopic (exact) mass is 424 g/mol. The molecule has 8 nitrogen and oxygen atoms in total. The van der Waals surface area contributed by atoms with Gasteiger partial charge in [-0.2, -0.15) is 0 Å². The van der Waals surface area contributed by atoms with Crippen LogP contribution in [0.2, 0.25) is 0 Å². The highest BCUT2D eigenvalue weighted by atomic mass is 32.2. The molecule has 0 amide bonds. The van der Waals surface area contributed by atoms with Gasteiger partial charge in [-0.05, 0) is 12.1 Å². The zero-order valence-electron chi connectivity index (χ0n) is 17.7. The zero-order valence-corrected chi connectivity index (χ0v) is 18.5. The van der Waals surface area contributed by atoms with E-state index < -0.39 is 0 Å². The number of morpholine rings is 1. The lowest BCUT2D eigenvalue weighted by Crippen LogP contribution is -3.15. The van der Waals surface area contributed by atoms with Crippen molar-refractivity contribution in [1.29, 1.82) is 0 Å². The lowest BCUT2D eigenvalue weighted by molar-refractivity contribution is -0.914. The second kappa shape index (κ2) is 10.2. The number of thioether (sulfide) groups is 1. The fourth-order valence-electron chi connectivity index (χ4n) is 3.48. The van der Waals surface area contributed by atoms with E-state index in [-0.39, 0.29) is 6.10 Å². The minimum atomic E-state index is 0.194. The Morgan fingerprint density at radius 2 is 1.86 bits per heavy atom. The van der Waals surface area contributed by atoms with Crippen molar-refractivity contribution in [1.82, 2.24) is 10.2 Å². The van der Waals surface area contributed by atoms with E-state index in [4.69, 9.17) is 23.4 Å². The van der Waals surface area contributed by atoms with Crippen molar-refractivity contribution in [3.8, 4) is 28.7 Å². The Morgan fingerprint density at radius 1 is 1.14 bits per heavy atom. The molecule has 29 heavy (non-hydrogen) atoms. The normalized spacial score (nSPS) is 19.4. The van der Waals surface area contributed by atoms with Crippen LogP contribution >= 0.6 is 11.8 Å². The number of hydrogen-bond donors (Lipinski definition) is 1. The van der Waals surface area contributed by atoms with E-state index in [0.717, 1.165) is 25.4 Å². The third-order valence-electron chi connectivity index (χ3n) is 4.73. The van der Waals surface area contributed by atoms with Crippen molar-refractivity contribution in [3.05, 3.63) is 12.1 Å². The molecule has 2 atom stereocenters. The van der Waals surface area contributed by atoms with Gasteiger partial charge < -0.3 is 28.3 Å². The maximum Gasteiger partial charge on any atom is 0.276 e.